The van der Waals surface area contributed by atoms with E-state index < -0.39 is 48.1 Å². The minimum Gasteiger partial charge on any atom is -0.324 e. The highest BCUT2D eigenvalue weighted by Gasteiger charge is 2.34. The molecule has 1 aliphatic rings. The van der Waals surface area contributed by atoms with Crippen LogP contribution in [-0.2, 0) is 15.8 Å². The third-order valence-corrected chi connectivity index (χ3v) is 5.35. The number of carbonyl (C=O) groups excluding carboxylic acids is 2. The molecule has 0 atom stereocenters. The third-order valence-electron chi connectivity index (χ3n) is 5.12. The summed E-state index contributed by atoms with van der Waals surface area (Å²) in [5, 5.41) is 2.52. The lowest BCUT2D eigenvalue weighted by molar-refractivity contribution is -0.137. The van der Waals surface area contributed by atoms with Crippen molar-refractivity contribution >= 4 is 40.5 Å². The van der Waals surface area contributed by atoms with Gasteiger partial charge in [0.25, 0.3) is 0 Å². The Morgan fingerprint density at radius 3 is 2.47 bits per heavy atom. The molecule has 34 heavy (non-hydrogen) atoms. The first kappa shape index (κ1) is 23.4. The number of para-hydroxylation sites is 1. The molecule has 0 aliphatic carbocycles. The molecule has 0 bridgehead atoms. The summed E-state index contributed by atoms with van der Waals surface area (Å²) in [6.45, 7) is -0.984. The van der Waals surface area contributed by atoms with Gasteiger partial charge in [0.1, 0.15) is 18.9 Å². The molecule has 0 fully saturated rings. The normalized spacial score (nSPS) is 13.7. The first-order chi connectivity index (χ1) is 16.1. The Morgan fingerprint density at radius 2 is 1.74 bits per heavy atom. The number of nitrogens with one attached hydrogen (secondary N) is 1. The van der Waals surface area contributed by atoms with Crippen molar-refractivity contribution in [2.45, 2.75) is 6.18 Å². The number of hydrogen-bond donors (Lipinski definition) is 1. The molecule has 5 nitrogen and oxygen atoms in total. The fourth-order valence-corrected chi connectivity index (χ4v) is 3.79. The number of nitrogens with zero attached hydrogens (tertiary/aromatic N) is 2. The van der Waals surface area contributed by atoms with Gasteiger partial charge in [0.2, 0.25) is 11.8 Å². The van der Waals surface area contributed by atoms with Gasteiger partial charge in [0.15, 0.2) is 0 Å². The highest BCUT2D eigenvalue weighted by Crippen LogP contribution is 2.35. The minimum absolute atomic E-state index is 0.143. The molecule has 4 rings (SSSR count). The molecule has 1 N–H and O–H groups in total. The van der Waals surface area contributed by atoms with Crippen molar-refractivity contribution in [2.75, 3.05) is 23.3 Å². The highest BCUT2D eigenvalue weighted by atomic mass is 35.5. The monoisotopic (exact) mass is 489 g/mol. The molecule has 0 spiro atoms. The van der Waals surface area contributed by atoms with Gasteiger partial charge in [-0.1, -0.05) is 35.9 Å². The van der Waals surface area contributed by atoms with Crippen LogP contribution in [0.3, 0.4) is 0 Å². The molecule has 0 saturated heterocycles. The zero-order chi connectivity index (χ0) is 24.5. The molecule has 3 aromatic rings. The van der Waals surface area contributed by atoms with E-state index in [0.29, 0.717) is 10.6 Å². The van der Waals surface area contributed by atoms with Gasteiger partial charge in [-0.3, -0.25) is 14.6 Å². The lowest BCUT2D eigenvalue weighted by Gasteiger charge is -2.23. The Morgan fingerprint density at radius 1 is 1.03 bits per heavy atom. The predicted molar refractivity (Wildman–Crippen MR) is 121 cm³/mol. The van der Waals surface area contributed by atoms with Gasteiger partial charge in [-0.2, -0.15) is 13.2 Å². The smallest absolute Gasteiger partial charge is 0.324 e. The molecule has 10 heteroatoms. The zero-order valence-corrected chi connectivity index (χ0v) is 18.1. The van der Waals surface area contributed by atoms with Crippen LogP contribution in [0.25, 0.3) is 0 Å². The number of anilines is 2. The number of benzodiazepines with no additional fused rings is 1. The number of amides is 2. The second kappa shape index (κ2) is 9.26. The fraction of sp³-hybridized carbons (Fsp3) is 0.125. The summed E-state index contributed by atoms with van der Waals surface area (Å²) in [6, 6.07) is 14.9. The molecule has 0 radical (unpaired) electrons. The van der Waals surface area contributed by atoms with Gasteiger partial charge >= 0.3 is 6.18 Å². The van der Waals surface area contributed by atoms with Gasteiger partial charge in [0.05, 0.1) is 22.6 Å². The van der Waals surface area contributed by atoms with Crippen LogP contribution in [0.15, 0.2) is 71.7 Å². The van der Waals surface area contributed by atoms with Crippen LogP contribution in [0.5, 0.6) is 0 Å². The van der Waals surface area contributed by atoms with Gasteiger partial charge in [-0.05, 0) is 42.5 Å². The van der Waals surface area contributed by atoms with Crippen molar-refractivity contribution < 1.29 is 27.2 Å². The summed E-state index contributed by atoms with van der Waals surface area (Å²) in [6.07, 6.45) is -4.67. The Balaban J connectivity index is 1.68. The molecular formula is C24H16ClF4N3O2. The van der Waals surface area contributed by atoms with Gasteiger partial charge < -0.3 is 10.2 Å². The molecule has 0 aromatic heterocycles. The van der Waals surface area contributed by atoms with E-state index in [2.05, 4.69) is 10.3 Å². The van der Waals surface area contributed by atoms with E-state index in [1.54, 1.807) is 6.07 Å². The van der Waals surface area contributed by atoms with E-state index in [0.717, 1.165) is 17.0 Å². The van der Waals surface area contributed by atoms with Gasteiger partial charge in [0, 0.05) is 16.1 Å². The zero-order valence-electron chi connectivity index (χ0n) is 17.4. The predicted octanol–water partition coefficient (Wildman–Crippen LogP) is 5.32. The van der Waals surface area contributed by atoms with Crippen LogP contribution in [-0.4, -0.2) is 30.6 Å². The number of aliphatic imine (C=N–C) groups is 1. The molecule has 0 saturated carbocycles. The first-order valence-corrected chi connectivity index (χ1v) is 10.4. The Kier molecular flexibility index (Phi) is 6.39. The molecule has 3 aromatic carbocycles. The number of carbonyl (C=O) groups is 2. The summed E-state index contributed by atoms with van der Waals surface area (Å²) < 4.78 is 54.3. The quantitative estimate of drug-likeness (QED) is 0.504. The van der Waals surface area contributed by atoms with Crippen LogP contribution < -0.4 is 10.2 Å². The molecule has 1 heterocycles. The van der Waals surface area contributed by atoms with Gasteiger partial charge in [-0.25, -0.2) is 4.39 Å². The Bertz CT molecular complexity index is 1310. The maximum Gasteiger partial charge on any atom is 0.418 e. The van der Waals surface area contributed by atoms with E-state index in [4.69, 9.17) is 11.6 Å². The van der Waals surface area contributed by atoms with Crippen molar-refractivity contribution in [3.63, 3.8) is 0 Å². The van der Waals surface area contributed by atoms with Crippen molar-refractivity contribution in [3.8, 4) is 0 Å². The van der Waals surface area contributed by atoms with Crippen molar-refractivity contribution in [2.24, 2.45) is 4.99 Å². The molecule has 2 amide bonds. The first-order valence-electron chi connectivity index (χ1n) is 10.0. The number of alkyl halides is 3. The topological polar surface area (TPSA) is 61.8 Å². The summed E-state index contributed by atoms with van der Waals surface area (Å²) in [5.74, 6) is -2.00. The number of rotatable bonds is 4. The van der Waals surface area contributed by atoms with E-state index >= 15 is 0 Å². The average Bonchev–Trinajstić information content (AvgIpc) is 2.90. The van der Waals surface area contributed by atoms with E-state index in [1.165, 1.54) is 48.5 Å². The molecule has 174 valence electrons. The van der Waals surface area contributed by atoms with E-state index in [9.17, 15) is 27.2 Å². The maximum absolute atomic E-state index is 14.5. The molecular weight excluding hydrogens is 474 g/mol. The number of fused-ring (bicyclic) bond motifs is 1. The molecule has 1 aliphatic heterocycles. The van der Waals surface area contributed by atoms with Crippen LogP contribution >= 0.6 is 11.6 Å². The molecule has 0 unspecified atom stereocenters. The van der Waals surface area contributed by atoms with Crippen molar-refractivity contribution in [3.05, 3.63) is 94.3 Å². The second-order valence-corrected chi connectivity index (χ2v) is 7.81. The highest BCUT2D eigenvalue weighted by molar-refractivity contribution is 6.32. The summed E-state index contributed by atoms with van der Waals surface area (Å²) in [5.41, 5.74) is -0.580. The average molecular weight is 490 g/mol. The minimum atomic E-state index is -4.67. The number of benzene rings is 3. The SMILES string of the molecule is O=C(CN1C(=O)CN=C(c2ccccc2F)c2cc(Cl)ccc21)Nc1ccccc1C(F)(F)F. The Hall–Kier alpha value is -3.72. The second-order valence-electron chi connectivity index (χ2n) is 7.38. The van der Waals surface area contributed by atoms with Crippen LogP contribution in [0.2, 0.25) is 5.02 Å². The van der Waals surface area contributed by atoms with Crippen LogP contribution in [0.1, 0.15) is 16.7 Å². The van der Waals surface area contributed by atoms with Crippen molar-refractivity contribution in [1.29, 1.82) is 0 Å². The van der Waals surface area contributed by atoms with Gasteiger partial charge in [-0.15, -0.1) is 0 Å². The number of hydrogen-bond acceptors (Lipinski definition) is 3. The summed E-state index contributed by atoms with van der Waals surface area (Å²) in [7, 11) is 0. The fourth-order valence-electron chi connectivity index (χ4n) is 3.61. The van der Waals surface area contributed by atoms with E-state index in [1.807, 2.05) is 0 Å². The van der Waals surface area contributed by atoms with E-state index in [-0.39, 0.29) is 17.0 Å². The lowest BCUT2D eigenvalue weighted by atomic mass is 9.99. The Labute approximate surface area is 196 Å². The number of halogens is 5. The lowest BCUT2D eigenvalue weighted by Crippen LogP contribution is -2.39. The van der Waals surface area contributed by atoms with Crippen molar-refractivity contribution in [1.82, 2.24) is 0 Å². The summed E-state index contributed by atoms with van der Waals surface area (Å²) >= 11 is 6.14. The third kappa shape index (κ3) is 4.79. The van der Waals surface area contributed by atoms with Crippen LogP contribution in [0, 0.1) is 5.82 Å². The maximum atomic E-state index is 14.5. The standard InChI is InChI=1S/C24H16ClF4N3O2/c25-14-9-10-20-16(11-14)23(15-5-1-3-7-18(15)26)30-12-22(34)32(20)13-21(33)31-19-8-4-2-6-17(19)24(27,28)29/h1-11H,12-13H2,(H,31,33). The largest absolute Gasteiger partial charge is 0.418 e. The van der Waals surface area contributed by atoms with Crippen LogP contribution in [0.4, 0.5) is 28.9 Å². The summed E-state index contributed by atoms with van der Waals surface area (Å²) in [4.78, 5) is 30.9.